The fraction of sp³-hybridized carbons (Fsp3) is 0.500. The number of nitrogens with one attached hydrogen (secondary N) is 2. The minimum absolute atomic E-state index is 0.162. The number of aromatic amines is 1. The summed E-state index contributed by atoms with van der Waals surface area (Å²) in [4.78, 5) is 27.9. The highest BCUT2D eigenvalue weighted by molar-refractivity contribution is 6.76. The summed E-state index contributed by atoms with van der Waals surface area (Å²) < 4.78 is 10.4. The molecule has 1 aliphatic heterocycles. The number of benzene rings is 1. The fourth-order valence-electron chi connectivity index (χ4n) is 3.45. The van der Waals surface area contributed by atoms with Crippen molar-refractivity contribution in [3.63, 3.8) is 0 Å². The molecule has 0 fully saturated rings. The van der Waals surface area contributed by atoms with E-state index in [1.54, 1.807) is 0 Å². The quantitative estimate of drug-likeness (QED) is 0.587. The van der Waals surface area contributed by atoms with E-state index in [1.807, 2.05) is 24.3 Å². The Morgan fingerprint density at radius 3 is 2.67 bits per heavy atom. The van der Waals surface area contributed by atoms with Crippen molar-refractivity contribution >= 4 is 30.9 Å². The van der Waals surface area contributed by atoms with E-state index in [0.717, 1.165) is 28.2 Å². The number of para-hydroxylation sites is 1. The van der Waals surface area contributed by atoms with Crippen LogP contribution in [0.25, 0.3) is 10.9 Å². The molecule has 2 atom stereocenters. The molecular formula is C20H28N2O4Si. The van der Waals surface area contributed by atoms with Crippen LogP contribution >= 0.6 is 0 Å². The molecule has 0 bridgehead atoms. The van der Waals surface area contributed by atoms with Crippen LogP contribution in [0.3, 0.4) is 0 Å². The number of esters is 2. The maximum atomic E-state index is 12.7. The summed E-state index contributed by atoms with van der Waals surface area (Å²) in [6, 6.07) is 8.17. The second-order valence-corrected chi connectivity index (χ2v) is 13.9. The number of carbonyl (C=O) groups is 2. The lowest BCUT2D eigenvalue weighted by Crippen LogP contribution is -2.46. The molecule has 27 heavy (non-hydrogen) atoms. The molecule has 146 valence electrons. The number of aromatic nitrogens is 1. The van der Waals surface area contributed by atoms with E-state index >= 15 is 0 Å². The van der Waals surface area contributed by atoms with Gasteiger partial charge < -0.3 is 14.5 Å². The topological polar surface area (TPSA) is 80.4 Å². The molecule has 0 radical (unpaired) electrons. The number of fused-ring (bicyclic) bond motifs is 3. The number of carbonyl (C=O) groups excluding carboxylic acids is 2. The van der Waals surface area contributed by atoms with Crippen LogP contribution in [0, 0.1) is 0 Å². The van der Waals surface area contributed by atoms with Gasteiger partial charge in [0.2, 0.25) is 0 Å². The minimum Gasteiger partial charge on any atom is -0.469 e. The monoisotopic (exact) mass is 388 g/mol. The normalized spacial score (nSPS) is 19.6. The van der Waals surface area contributed by atoms with Crippen molar-refractivity contribution in [2.75, 3.05) is 13.7 Å². The van der Waals surface area contributed by atoms with Gasteiger partial charge in [-0.25, -0.2) is 0 Å². The van der Waals surface area contributed by atoms with Crippen molar-refractivity contribution < 1.29 is 19.1 Å². The summed E-state index contributed by atoms with van der Waals surface area (Å²) >= 11 is 0. The van der Waals surface area contributed by atoms with E-state index < -0.39 is 14.1 Å². The average molecular weight is 389 g/mol. The third-order valence-corrected chi connectivity index (χ3v) is 6.69. The van der Waals surface area contributed by atoms with Gasteiger partial charge >= 0.3 is 11.9 Å². The van der Waals surface area contributed by atoms with Crippen LogP contribution in [-0.4, -0.2) is 44.8 Å². The summed E-state index contributed by atoms with van der Waals surface area (Å²) in [5.74, 6) is -0.566. The molecule has 0 spiro atoms. The standard InChI is InChI=1S/C20H28N2O4Si/c1-25-18(23)12-16-19-14(13-7-5-6-8-15(13)22-19)11-17(21-16)20(24)26-9-10-27(2,3)4/h5-8,16-17,21-22H,9-12H2,1-4H3/t16-,17+/m1/s1. The third-order valence-electron chi connectivity index (χ3n) is 4.99. The van der Waals surface area contributed by atoms with E-state index in [1.165, 1.54) is 7.11 Å². The first-order valence-corrected chi connectivity index (χ1v) is 13.1. The minimum atomic E-state index is -1.26. The maximum Gasteiger partial charge on any atom is 0.323 e. The summed E-state index contributed by atoms with van der Waals surface area (Å²) in [5, 5.41) is 4.37. The van der Waals surface area contributed by atoms with E-state index in [0.29, 0.717) is 13.0 Å². The molecule has 0 amide bonds. The number of methoxy groups -OCH3 is 1. The molecule has 3 rings (SSSR count). The zero-order valence-electron chi connectivity index (χ0n) is 16.4. The van der Waals surface area contributed by atoms with Crippen molar-refractivity contribution in [2.45, 2.75) is 50.6 Å². The van der Waals surface area contributed by atoms with Gasteiger partial charge in [-0.15, -0.1) is 0 Å². The van der Waals surface area contributed by atoms with Crippen molar-refractivity contribution in [2.24, 2.45) is 0 Å². The van der Waals surface area contributed by atoms with Gasteiger partial charge in [-0.1, -0.05) is 37.8 Å². The van der Waals surface area contributed by atoms with Crippen LogP contribution in [0.5, 0.6) is 0 Å². The maximum absolute atomic E-state index is 12.7. The molecule has 1 aromatic carbocycles. The molecule has 2 N–H and O–H groups in total. The van der Waals surface area contributed by atoms with E-state index in [-0.39, 0.29) is 24.4 Å². The molecule has 0 aliphatic carbocycles. The fourth-order valence-corrected chi connectivity index (χ4v) is 4.16. The van der Waals surface area contributed by atoms with Crippen molar-refractivity contribution in [3.8, 4) is 0 Å². The van der Waals surface area contributed by atoms with Crippen LogP contribution in [0.2, 0.25) is 25.7 Å². The highest BCUT2D eigenvalue weighted by Crippen LogP contribution is 2.33. The Bertz CT molecular complexity index is 840. The number of hydrogen-bond donors (Lipinski definition) is 2. The molecule has 2 heterocycles. The van der Waals surface area contributed by atoms with Gasteiger partial charge in [0.15, 0.2) is 0 Å². The lowest BCUT2D eigenvalue weighted by molar-refractivity contribution is -0.147. The number of H-pyrrole nitrogens is 1. The van der Waals surface area contributed by atoms with Crippen LogP contribution in [0.1, 0.15) is 23.7 Å². The first kappa shape index (κ1) is 19.6. The van der Waals surface area contributed by atoms with Gasteiger partial charge in [0.25, 0.3) is 0 Å². The van der Waals surface area contributed by atoms with Gasteiger partial charge in [0.05, 0.1) is 26.2 Å². The average Bonchev–Trinajstić information content (AvgIpc) is 2.99. The lowest BCUT2D eigenvalue weighted by atomic mass is 9.92. The smallest absolute Gasteiger partial charge is 0.323 e. The Balaban J connectivity index is 1.82. The Labute approximate surface area is 160 Å². The van der Waals surface area contributed by atoms with E-state index in [2.05, 4.69) is 29.9 Å². The van der Waals surface area contributed by atoms with E-state index in [9.17, 15) is 9.59 Å². The SMILES string of the molecule is COC(=O)C[C@H]1N[C@H](C(=O)OCC[Si](C)(C)C)Cc2c1[nH]c1ccccc21. The second kappa shape index (κ2) is 7.86. The summed E-state index contributed by atoms with van der Waals surface area (Å²) in [6.45, 7) is 7.22. The number of hydrogen-bond acceptors (Lipinski definition) is 5. The molecule has 7 heteroatoms. The Morgan fingerprint density at radius 2 is 1.96 bits per heavy atom. The summed E-state index contributed by atoms with van der Waals surface area (Å²) in [6.07, 6.45) is 0.706. The highest BCUT2D eigenvalue weighted by Gasteiger charge is 2.35. The summed E-state index contributed by atoms with van der Waals surface area (Å²) in [5.41, 5.74) is 3.03. The zero-order valence-corrected chi connectivity index (χ0v) is 17.4. The predicted molar refractivity (Wildman–Crippen MR) is 107 cm³/mol. The van der Waals surface area contributed by atoms with Gasteiger partial charge in [-0.2, -0.15) is 0 Å². The number of ether oxygens (including phenoxy) is 2. The van der Waals surface area contributed by atoms with Gasteiger partial charge in [0.1, 0.15) is 6.04 Å². The molecule has 0 unspecified atom stereocenters. The third kappa shape index (κ3) is 4.59. The molecule has 1 aliphatic rings. The van der Waals surface area contributed by atoms with Crippen LogP contribution in [0.4, 0.5) is 0 Å². The van der Waals surface area contributed by atoms with E-state index in [4.69, 9.17) is 9.47 Å². The van der Waals surface area contributed by atoms with Gasteiger partial charge in [-0.05, 0) is 17.7 Å². The first-order valence-electron chi connectivity index (χ1n) is 9.37. The van der Waals surface area contributed by atoms with Crippen LogP contribution < -0.4 is 5.32 Å². The molecule has 6 nitrogen and oxygen atoms in total. The Hall–Kier alpha value is -2.12. The first-order chi connectivity index (χ1) is 12.8. The lowest BCUT2D eigenvalue weighted by Gasteiger charge is -2.30. The zero-order chi connectivity index (χ0) is 19.6. The highest BCUT2D eigenvalue weighted by atomic mass is 28.3. The molecule has 0 saturated carbocycles. The van der Waals surface area contributed by atoms with Gasteiger partial charge in [0, 0.05) is 31.1 Å². The molecule has 1 aromatic heterocycles. The van der Waals surface area contributed by atoms with Gasteiger partial charge in [-0.3, -0.25) is 14.9 Å². The molecular weight excluding hydrogens is 360 g/mol. The van der Waals surface area contributed by atoms with Crippen LogP contribution in [0.15, 0.2) is 24.3 Å². The predicted octanol–water partition coefficient (Wildman–Crippen LogP) is 3.17. The van der Waals surface area contributed by atoms with Crippen molar-refractivity contribution in [1.82, 2.24) is 10.3 Å². The summed E-state index contributed by atoms with van der Waals surface area (Å²) in [7, 11) is 0.114. The van der Waals surface area contributed by atoms with Crippen molar-refractivity contribution in [3.05, 3.63) is 35.5 Å². The Kier molecular flexibility index (Phi) is 5.71. The Morgan fingerprint density at radius 1 is 1.22 bits per heavy atom. The molecule has 0 saturated heterocycles. The van der Waals surface area contributed by atoms with Crippen LogP contribution in [-0.2, 0) is 25.5 Å². The molecule has 2 aromatic rings. The van der Waals surface area contributed by atoms with Crippen molar-refractivity contribution in [1.29, 1.82) is 0 Å². The second-order valence-electron chi connectivity index (χ2n) is 8.30. The largest absolute Gasteiger partial charge is 0.469 e. The number of rotatable bonds is 6.